The maximum absolute atomic E-state index is 2.45. The molecule has 67 heavy (non-hydrogen) atoms. The van der Waals surface area contributed by atoms with Gasteiger partial charge in [0.05, 0.1) is 27.8 Å². The molecule has 0 fully saturated rings. The fourth-order valence-electron chi connectivity index (χ4n) is 10.4. The second kappa shape index (κ2) is 16.0. The van der Waals surface area contributed by atoms with Crippen molar-refractivity contribution in [3.05, 3.63) is 261 Å². The Kier molecular flexibility index (Phi) is 9.17. The maximum Gasteiger partial charge on any atom is 0.0541 e. The molecule has 0 atom stereocenters. The highest BCUT2D eigenvalue weighted by molar-refractivity contribution is 6.11. The van der Waals surface area contributed by atoms with E-state index in [4.69, 9.17) is 0 Å². The summed E-state index contributed by atoms with van der Waals surface area (Å²) >= 11 is 0. The van der Waals surface area contributed by atoms with E-state index >= 15 is 0 Å². The highest BCUT2D eigenvalue weighted by atomic mass is 15.1. The zero-order chi connectivity index (χ0) is 44.3. The summed E-state index contributed by atoms with van der Waals surface area (Å²) in [6.07, 6.45) is 0. The normalized spacial score (nSPS) is 11.6. The molecule has 3 nitrogen and oxygen atoms in total. The monoisotopic (exact) mass is 853 g/mol. The second-order valence-electron chi connectivity index (χ2n) is 17.4. The van der Waals surface area contributed by atoms with Gasteiger partial charge in [0.2, 0.25) is 0 Å². The van der Waals surface area contributed by atoms with Gasteiger partial charge in [0.25, 0.3) is 0 Å². The summed E-state index contributed by atoms with van der Waals surface area (Å²) in [6.45, 7) is 0. The van der Waals surface area contributed by atoms with Crippen molar-refractivity contribution < 1.29 is 0 Å². The van der Waals surface area contributed by atoms with Gasteiger partial charge in [-0.2, -0.15) is 0 Å². The van der Waals surface area contributed by atoms with Crippen LogP contribution in [0.25, 0.3) is 99.1 Å². The molecular weight excluding hydrogens is 811 g/mol. The second-order valence-corrected chi connectivity index (χ2v) is 17.4. The van der Waals surface area contributed by atoms with E-state index in [9.17, 15) is 0 Å². The summed E-state index contributed by atoms with van der Waals surface area (Å²) in [5, 5.41) is 7.35. The molecule has 0 saturated carbocycles. The van der Waals surface area contributed by atoms with Crippen molar-refractivity contribution in [1.82, 2.24) is 9.13 Å². The highest BCUT2D eigenvalue weighted by Crippen LogP contribution is 2.44. The average molecular weight is 854 g/mol. The number of rotatable bonds is 8. The van der Waals surface area contributed by atoms with E-state index in [1.165, 1.54) is 65.5 Å². The van der Waals surface area contributed by atoms with Gasteiger partial charge in [0.15, 0.2) is 0 Å². The zero-order valence-corrected chi connectivity index (χ0v) is 36.7. The van der Waals surface area contributed by atoms with Gasteiger partial charge in [-0.3, -0.25) is 0 Å². The van der Waals surface area contributed by atoms with Crippen LogP contribution in [-0.2, 0) is 0 Å². The Labute approximate surface area is 389 Å². The molecule has 0 radical (unpaired) electrons. The lowest BCUT2D eigenvalue weighted by Crippen LogP contribution is -2.11. The van der Waals surface area contributed by atoms with Crippen LogP contribution in [-0.4, -0.2) is 9.13 Å². The molecule has 3 heteroatoms. The fourth-order valence-corrected chi connectivity index (χ4v) is 10.4. The van der Waals surface area contributed by atoms with E-state index in [1.807, 2.05) is 0 Å². The Balaban J connectivity index is 1.04. The zero-order valence-electron chi connectivity index (χ0n) is 36.7. The van der Waals surface area contributed by atoms with Gasteiger partial charge < -0.3 is 14.0 Å². The fraction of sp³-hybridized carbons (Fsp3) is 0. The largest absolute Gasteiger partial charge is 0.310 e. The van der Waals surface area contributed by atoms with Crippen LogP contribution >= 0.6 is 0 Å². The Bertz CT molecular complexity index is 3910. The molecule has 0 aliphatic heterocycles. The summed E-state index contributed by atoms with van der Waals surface area (Å²) in [6, 6.07) is 95.1. The van der Waals surface area contributed by atoms with Crippen LogP contribution in [0, 0.1) is 0 Å². The number of hydrogen-bond donors (Lipinski definition) is 0. The van der Waals surface area contributed by atoms with Gasteiger partial charge in [0.1, 0.15) is 0 Å². The predicted octanol–water partition coefficient (Wildman–Crippen LogP) is 17.5. The Morgan fingerprint density at radius 3 is 1.37 bits per heavy atom. The first-order valence-corrected chi connectivity index (χ1v) is 23.0. The van der Waals surface area contributed by atoms with Crippen molar-refractivity contribution in [2.24, 2.45) is 0 Å². The van der Waals surface area contributed by atoms with Crippen molar-refractivity contribution in [3.63, 3.8) is 0 Å². The van der Waals surface area contributed by atoms with Crippen LogP contribution in [0.1, 0.15) is 0 Å². The van der Waals surface area contributed by atoms with Crippen molar-refractivity contribution in [2.75, 3.05) is 4.90 Å². The van der Waals surface area contributed by atoms with Gasteiger partial charge in [-0.05, 0) is 130 Å². The number of anilines is 3. The van der Waals surface area contributed by atoms with Crippen LogP contribution in [0.2, 0.25) is 0 Å². The van der Waals surface area contributed by atoms with Gasteiger partial charge in [-0.1, -0.05) is 170 Å². The van der Waals surface area contributed by atoms with Gasteiger partial charge in [-0.15, -0.1) is 0 Å². The molecule has 2 heterocycles. The third-order valence-electron chi connectivity index (χ3n) is 13.5. The van der Waals surface area contributed by atoms with Crippen LogP contribution in [0.3, 0.4) is 0 Å². The summed E-state index contributed by atoms with van der Waals surface area (Å²) < 4.78 is 4.77. The SMILES string of the molecule is c1ccc(-c2cccc(N(c3cc(-c4ccc(-n5c6ccccc6c6ccccc65)cc4)cc(-c4ccc5c(c4)c4ccccc4n5-c4ccccc4)c3)c3cccc4ccccc34)c2)cc1. The minimum Gasteiger partial charge on any atom is -0.310 e. The molecule has 0 saturated heterocycles. The lowest BCUT2D eigenvalue weighted by molar-refractivity contribution is 1.18. The molecule has 2 aromatic heterocycles. The summed E-state index contributed by atoms with van der Waals surface area (Å²) in [7, 11) is 0. The highest BCUT2D eigenvalue weighted by Gasteiger charge is 2.20. The number of fused-ring (bicyclic) bond motifs is 7. The van der Waals surface area contributed by atoms with Crippen LogP contribution in [0.15, 0.2) is 261 Å². The molecule has 13 aromatic rings. The van der Waals surface area contributed by atoms with E-state index in [0.29, 0.717) is 0 Å². The Morgan fingerprint density at radius 1 is 0.239 bits per heavy atom. The lowest BCUT2D eigenvalue weighted by Gasteiger charge is -2.28. The summed E-state index contributed by atoms with van der Waals surface area (Å²) in [4.78, 5) is 2.45. The third kappa shape index (κ3) is 6.59. The molecule has 0 N–H and O–H groups in total. The molecule has 314 valence electrons. The number of para-hydroxylation sites is 4. The van der Waals surface area contributed by atoms with Gasteiger partial charge in [-0.25, -0.2) is 0 Å². The first kappa shape index (κ1) is 38.5. The van der Waals surface area contributed by atoms with Gasteiger partial charge in [0, 0.05) is 49.7 Å². The topological polar surface area (TPSA) is 13.1 Å². The third-order valence-corrected chi connectivity index (χ3v) is 13.5. The Morgan fingerprint density at radius 2 is 0.687 bits per heavy atom. The number of nitrogens with zero attached hydrogens (tertiary/aromatic N) is 3. The number of hydrogen-bond acceptors (Lipinski definition) is 1. The van der Waals surface area contributed by atoms with E-state index in [-0.39, 0.29) is 0 Å². The van der Waals surface area contributed by atoms with Crippen molar-refractivity contribution in [3.8, 4) is 44.8 Å². The molecule has 0 aliphatic carbocycles. The molecule has 0 unspecified atom stereocenters. The maximum atomic E-state index is 2.45. The molecule has 13 rings (SSSR count). The van der Waals surface area contributed by atoms with Gasteiger partial charge >= 0.3 is 0 Å². The quantitative estimate of drug-likeness (QED) is 0.148. The first-order chi connectivity index (χ1) is 33.2. The lowest BCUT2D eigenvalue weighted by atomic mass is 9.95. The standard InChI is InChI=1S/C64H43N3/c1-3-17-44(18-4-1)47-21-15-24-53(40-47)65(60-32-16-20-46-19-7-8-25-55(46)60)54-41-49(45-33-36-52(37-34-45)67-61-29-12-9-26-56(61)57-27-10-13-30-62(57)67)39-50(42-54)48-35-38-64-59(43-48)58-28-11-14-31-63(58)66(64)51-22-5-2-6-23-51/h1-43H. The predicted molar refractivity (Wildman–Crippen MR) is 284 cm³/mol. The van der Waals surface area contributed by atoms with E-state index in [0.717, 1.165) is 50.7 Å². The smallest absolute Gasteiger partial charge is 0.0541 e. The summed E-state index contributed by atoms with van der Waals surface area (Å²) in [5.41, 5.74) is 17.3. The van der Waals surface area contributed by atoms with E-state index < -0.39 is 0 Å². The van der Waals surface area contributed by atoms with Crippen LogP contribution in [0.5, 0.6) is 0 Å². The molecular formula is C64H43N3. The van der Waals surface area contributed by atoms with Crippen molar-refractivity contribution in [1.29, 1.82) is 0 Å². The molecule has 0 spiro atoms. The van der Waals surface area contributed by atoms with Crippen LogP contribution in [0.4, 0.5) is 17.1 Å². The number of benzene rings is 11. The molecule has 0 bridgehead atoms. The first-order valence-electron chi connectivity index (χ1n) is 23.0. The molecule has 11 aromatic carbocycles. The van der Waals surface area contributed by atoms with E-state index in [1.54, 1.807) is 0 Å². The van der Waals surface area contributed by atoms with Crippen LogP contribution < -0.4 is 4.90 Å². The average Bonchev–Trinajstić information content (AvgIpc) is 3.92. The Hall–Kier alpha value is -8.92. The minimum absolute atomic E-state index is 1.08. The molecule has 0 aliphatic rings. The van der Waals surface area contributed by atoms with E-state index in [2.05, 4.69) is 275 Å². The summed E-state index contributed by atoms with van der Waals surface area (Å²) in [5.74, 6) is 0. The van der Waals surface area contributed by atoms with Crippen molar-refractivity contribution in [2.45, 2.75) is 0 Å². The minimum atomic E-state index is 1.08. The van der Waals surface area contributed by atoms with Crippen molar-refractivity contribution >= 4 is 71.4 Å². The molecule has 0 amide bonds. The number of aromatic nitrogens is 2.